The third-order valence-electron chi connectivity index (χ3n) is 5.65. The molecule has 2 fully saturated rings. The summed E-state index contributed by atoms with van der Waals surface area (Å²) in [4.78, 5) is 4.77. The van der Waals surface area contributed by atoms with E-state index in [2.05, 4.69) is 20.8 Å². The molecular formula is C16H21NO. The van der Waals surface area contributed by atoms with Gasteiger partial charge in [0.1, 0.15) is 11.4 Å². The molecule has 0 saturated heterocycles. The molecular weight excluding hydrogens is 222 g/mol. The minimum absolute atomic E-state index is 0.208. The van der Waals surface area contributed by atoms with Crippen LogP contribution in [-0.4, -0.2) is 10.8 Å². The van der Waals surface area contributed by atoms with Gasteiger partial charge < -0.3 is 5.11 Å². The second-order valence-electron chi connectivity index (χ2n) is 6.54. The molecule has 2 aliphatic carbocycles. The summed E-state index contributed by atoms with van der Waals surface area (Å²) in [7, 11) is 0. The predicted octanol–water partition coefficient (Wildman–Crippen LogP) is 4.31. The van der Waals surface area contributed by atoms with Crippen LogP contribution in [0.1, 0.15) is 40.0 Å². The molecule has 2 saturated carbocycles. The maximum Gasteiger partial charge on any atom is 0.141 e. The van der Waals surface area contributed by atoms with Crippen molar-refractivity contribution in [1.29, 1.82) is 0 Å². The molecule has 2 bridgehead atoms. The highest BCUT2D eigenvalue weighted by Gasteiger charge is 2.59. The van der Waals surface area contributed by atoms with Gasteiger partial charge in [-0.1, -0.05) is 32.9 Å². The van der Waals surface area contributed by atoms with Gasteiger partial charge in [-0.15, -0.1) is 0 Å². The minimum Gasteiger partial charge on any atom is -0.506 e. The molecule has 96 valence electrons. The number of hydrogen-bond acceptors (Lipinski definition) is 2. The predicted molar refractivity (Wildman–Crippen MR) is 74.4 cm³/mol. The number of aliphatic imine (C=N–C) groups is 1. The molecule has 0 radical (unpaired) electrons. The van der Waals surface area contributed by atoms with Gasteiger partial charge in [0.2, 0.25) is 0 Å². The van der Waals surface area contributed by atoms with Gasteiger partial charge >= 0.3 is 0 Å². The average molecular weight is 243 g/mol. The van der Waals surface area contributed by atoms with E-state index in [-0.39, 0.29) is 11.2 Å². The van der Waals surface area contributed by atoms with E-state index in [9.17, 15) is 5.11 Å². The van der Waals surface area contributed by atoms with Crippen molar-refractivity contribution in [3.8, 4) is 5.75 Å². The van der Waals surface area contributed by atoms with Crippen molar-refractivity contribution in [3.05, 3.63) is 24.3 Å². The number of fused-ring (bicyclic) bond motifs is 2. The lowest BCUT2D eigenvalue weighted by atomic mass is 9.70. The van der Waals surface area contributed by atoms with Crippen molar-refractivity contribution in [2.45, 2.75) is 40.0 Å². The van der Waals surface area contributed by atoms with E-state index in [1.54, 1.807) is 6.07 Å². The largest absolute Gasteiger partial charge is 0.506 e. The average Bonchev–Trinajstić information content (AvgIpc) is 2.65. The van der Waals surface area contributed by atoms with Gasteiger partial charge in [-0.05, 0) is 42.7 Å². The van der Waals surface area contributed by atoms with Crippen LogP contribution in [0.25, 0.3) is 0 Å². The Hall–Kier alpha value is -1.31. The fraction of sp³-hybridized carbons (Fsp3) is 0.562. The van der Waals surface area contributed by atoms with Crippen LogP contribution in [0.15, 0.2) is 29.3 Å². The quantitative estimate of drug-likeness (QED) is 0.783. The zero-order valence-electron chi connectivity index (χ0n) is 11.4. The molecule has 2 heteroatoms. The first-order chi connectivity index (χ1) is 8.45. The van der Waals surface area contributed by atoms with Crippen molar-refractivity contribution in [2.75, 3.05) is 0 Å². The summed E-state index contributed by atoms with van der Waals surface area (Å²) in [5.74, 6) is 1.04. The second kappa shape index (κ2) is 3.59. The molecule has 2 aliphatic rings. The van der Waals surface area contributed by atoms with E-state index in [4.69, 9.17) is 4.99 Å². The summed E-state index contributed by atoms with van der Waals surface area (Å²) < 4.78 is 0. The SMILES string of the molecule is CC12CCC(CC1=Nc1ccccc1O)C2(C)C. The highest BCUT2D eigenvalue weighted by molar-refractivity contribution is 5.96. The number of para-hydroxylation sites is 2. The van der Waals surface area contributed by atoms with Gasteiger partial charge in [0.05, 0.1) is 0 Å². The smallest absolute Gasteiger partial charge is 0.141 e. The van der Waals surface area contributed by atoms with Crippen LogP contribution >= 0.6 is 0 Å². The van der Waals surface area contributed by atoms with Gasteiger partial charge in [0.25, 0.3) is 0 Å². The van der Waals surface area contributed by atoms with Crippen LogP contribution in [-0.2, 0) is 0 Å². The molecule has 18 heavy (non-hydrogen) atoms. The summed E-state index contributed by atoms with van der Waals surface area (Å²) in [5.41, 5.74) is 2.55. The van der Waals surface area contributed by atoms with Gasteiger partial charge in [-0.25, -0.2) is 0 Å². The van der Waals surface area contributed by atoms with Crippen molar-refractivity contribution in [3.63, 3.8) is 0 Å². The normalized spacial score (nSPS) is 35.3. The van der Waals surface area contributed by atoms with Crippen molar-refractivity contribution < 1.29 is 5.11 Å². The zero-order valence-corrected chi connectivity index (χ0v) is 11.4. The van der Waals surface area contributed by atoms with Crippen LogP contribution in [0, 0.1) is 16.7 Å². The van der Waals surface area contributed by atoms with E-state index in [1.165, 1.54) is 18.6 Å². The topological polar surface area (TPSA) is 32.6 Å². The van der Waals surface area contributed by atoms with E-state index in [1.807, 2.05) is 18.2 Å². The molecule has 0 aliphatic heterocycles. The lowest BCUT2D eigenvalue weighted by molar-refractivity contribution is 0.194. The monoisotopic (exact) mass is 243 g/mol. The highest BCUT2D eigenvalue weighted by Crippen LogP contribution is 2.64. The van der Waals surface area contributed by atoms with Crippen molar-refractivity contribution in [2.24, 2.45) is 21.7 Å². The number of aromatic hydroxyl groups is 1. The molecule has 2 unspecified atom stereocenters. The molecule has 1 aromatic carbocycles. The zero-order chi connectivity index (χ0) is 13.0. The number of hydrogen-bond donors (Lipinski definition) is 1. The summed E-state index contributed by atoms with van der Waals surface area (Å²) >= 11 is 0. The van der Waals surface area contributed by atoms with Crippen LogP contribution in [0.3, 0.4) is 0 Å². The molecule has 3 rings (SSSR count). The maximum absolute atomic E-state index is 9.85. The molecule has 0 heterocycles. The van der Waals surface area contributed by atoms with Crippen LogP contribution in [0.4, 0.5) is 5.69 Å². The third kappa shape index (κ3) is 1.38. The standard InChI is InChI=1S/C16H21NO/c1-15(2)11-8-9-16(15,3)14(10-11)17-12-6-4-5-7-13(12)18/h4-7,11,18H,8-10H2,1-3H3. The summed E-state index contributed by atoms with van der Waals surface area (Å²) in [6, 6.07) is 7.37. The molecule has 0 amide bonds. The van der Waals surface area contributed by atoms with E-state index in [0.717, 1.165) is 18.0 Å². The van der Waals surface area contributed by atoms with E-state index in [0.29, 0.717) is 5.41 Å². The highest BCUT2D eigenvalue weighted by atomic mass is 16.3. The lowest BCUT2D eigenvalue weighted by Gasteiger charge is -2.34. The first kappa shape index (κ1) is 11.8. The number of benzene rings is 1. The third-order valence-corrected chi connectivity index (χ3v) is 5.65. The molecule has 2 nitrogen and oxygen atoms in total. The summed E-state index contributed by atoms with van der Waals surface area (Å²) in [6.45, 7) is 7.09. The van der Waals surface area contributed by atoms with Gasteiger partial charge in [-0.2, -0.15) is 0 Å². The Morgan fingerprint density at radius 3 is 2.50 bits per heavy atom. The molecule has 1 N–H and O–H groups in total. The number of nitrogens with zero attached hydrogens (tertiary/aromatic N) is 1. The van der Waals surface area contributed by atoms with Crippen LogP contribution in [0.2, 0.25) is 0 Å². The first-order valence-corrected chi connectivity index (χ1v) is 6.81. The Kier molecular flexibility index (Phi) is 2.35. The van der Waals surface area contributed by atoms with Crippen molar-refractivity contribution in [1.82, 2.24) is 0 Å². The maximum atomic E-state index is 9.85. The van der Waals surface area contributed by atoms with Crippen molar-refractivity contribution >= 4 is 11.4 Å². The van der Waals surface area contributed by atoms with Gasteiger partial charge in [0.15, 0.2) is 0 Å². The number of rotatable bonds is 1. The second-order valence-corrected chi connectivity index (χ2v) is 6.54. The van der Waals surface area contributed by atoms with Crippen LogP contribution in [0.5, 0.6) is 5.75 Å². The Bertz CT molecular complexity index is 518. The fourth-order valence-electron chi connectivity index (χ4n) is 3.80. The minimum atomic E-state index is 0.208. The Morgan fingerprint density at radius 2 is 1.94 bits per heavy atom. The Balaban J connectivity index is 2.03. The summed E-state index contributed by atoms with van der Waals surface area (Å²) in [6.07, 6.45) is 3.65. The molecule has 2 atom stereocenters. The Morgan fingerprint density at radius 1 is 1.22 bits per heavy atom. The van der Waals surface area contributed by atoms with E-state index >= 15 is 0 Å². The first-order valence-electron chi connectivity index (χ1n) is 6.81. The Labute approximate surface area is 109 Å². The number of phenols is 1. The number of phenolic OH excluding ortho intramolecular Hbond substituents is 1. The summed E-state index contributed by atoms with van der Waals surface area (Å²) in [5, 5.41) is 9.85. The molecule has 0 aromatic heterocycles. The lowest BCUT2D eigenvalue weighted by Crippen LogP contribution is -2.32. The van der Waals surface area contributed by atoms with Gasteiger partial charge in [0, 0.05) is 11.1 Å². The molecule has 0 spiro atoms. The fourth-order valence-corrected chi connectivity index (χ4v) is 3.80. The molecule has 1 aromatic rings. The van der Waals surface area contributed by atoms with Gasteiger partial charge in [-0.3, -0.25) is 4.99 Å². The van der Waals surface area contributed by atoms with Crippen LogP contribution < -0.4 is 0 Å². The van der Waals surface area contributed by atoms with E-state index < -0.39 is 0 Å².